The fraction of sp³-hybridized carbons (Fsp3) is 0.467. The molecule has 7 heteroatoms. The Balaban J connectivity index is 2.00. The number of primary amides is 1. The Kier molecular flexibility index (Phi) is 5.97. The third-order valence-corrected chi connectivity index (χ3v) is 4.87. The van der Waals surface area contributed by atoms with Crippen LogP contribution in [0.3, 0.4) is 0 Å². The van der Waals surface area contributed by atoms with Crippen molar-refractivity contribution < 1.29 is 9.59 Å². The van der Waals surface area contributed by atoms with Gasteiger partial charge in [0.05, 0.1) is 5.69 Å². The zero-order valence-corrected chi connectivity index (χ0v) is 14.0. The van der Waals surface area contributed by atoms with Crippen LogP contribution in [0.2, 0.25) is 5.02 Å². The number of hydrogen-bond acceptors (Lipinski definition) is 3. The molecule has 0 saturated carbocycles. The number of urea groups is 1. The number of nitrogens with two attached hydrogens (primary N) is 1. The summed E-state index contributed by atoms with van der Waals surface area (Å²) in [5.41, 5.74) is 6.00. The van der Waals surface area contributed by atoms with E-state index in [9.17, 15) is 9.59 Å². The molecule has 5 nitrogen and oxygen atoms in total. The standard InChI is InChI=1S/C15H20ClN3O2S/c1-2-22-13-4-3-11(16)9-12(13)18-14(20)10-5-7-19(8-6-10)15(17)21/h3-4,9-10H,2,5-8H2,1H3,(H2,17,21)(H,18,20). The van der Waals surface area contributed by atoms with Gasteiger partial charge in [-0.25, -0.2) is 4.79 Å². The first-order valence-corrected chi connectivity index (χ1v) is 8.65. The summed E-state index contributed by atoms with van der Waals surface area (Å²) in [5, 5.41) is 3.57. The fourth-order valence-corrected chi connectivity index (χ4v) is 3.39. The maximum Gasteiger partial charge on any atom is 0.314 e. The molecule has 3 N–H and O–H groups in total. The van der Waals surface area contributed by atoms with Gasteiger partial charge in [0.1, 0.15) is 0 Å². The molecule has 22 heavy (non-hydrogen) atoms. The van der Waals surface area contributed by atoms with Crippen LogP contribution in [-0.2, 0) is 4.79 Å². The summed E-state index contributed by atoms with van der Waals surface area (Å²) >= 11 is 7.68. The van der Waals surface area contributed by atoms with Gasteiger partial charge in [0.25, 0.3) is 0 Å². The minimum Gasteiger partial charge on any atom is -0.351 e. The zero-order valence-electron chi connectivity index (χ0n) is 12.5. The molecule has 1 aromatic rings. The summed E-state index contributed by atoms with van der Waals surface area (Å²) in [6.45, 7) is 3.11. The molecule has 0 aliphatic carbocycles. The Hall–Kier alpha value is -1.40. The minimum absolute atomic E-state index is 0.0238. The van der Waals surface area contributed by atoms with E-state index in [0.717, 1.165) is 16.3 Å². The van der Waals surface area contributed by atoms with Crippen molar-refractivity contribution in [1.29, 1.82) is 0 Å². The SMILES string of the molecule is CCSc1ccc(Cl)cc1NC(=O)C1CCN(C(N)=O)CC1. The lowest BCUT2D eigenvalue weighted by atomic mass is 9.96. The van der Waals surface area contributed by atoms with E-state index in [1.165, 1.54) is 0 Å². The van der Waals surface area contributed by atoms with Crippen LogP contribution in [0.15, 0.2) is 23.1 Å². The highest BCUT2D eigenvalue weighted by Crippen LogP contribution is 2.31. The summed E-state index contributed by atoms with van der Waals surface area (Å²) < 4.78 is 0. The van der Waals surface area contributed by atoms with E-state index in [4.69, 9.17) is 17.3 Å². The maximum atomic E-state index is 12.4. The van der Waals surface area contributed by atoms with Crippen LogP contribution in [0.4, 0.5) is 10.5 Å². The number of piperidine rings is 1. The molecule has 0 unspecified atom stereocenters. The lowest BCUT2D eigenvalue weighted by Crippen LogP contribution is -2.43. The minimum atomic E-state index is -0.421. The Morgan fingerprint density at radius 1 is 1.41 bits per heavy atom. The molecule has 1 heterocycles. The number of anilines is 1. The lowest BCUT2D eigenvalue weighted by molar-refractivity contribution is -0.121. The maximum absolute atomic E-state index is 12.4. The quantitative estimate of drug-likeness (QED) is 0.826. The van der Waals surface area contributed by atoms with E-state index in [1.54, 1.807) is 22.7 Å². The largest absolute Gasteiger partial charge is 0.351 e. The van der Waals surface area contributed by atoms with Crippen molar-refractivity contribution >= 4 is 41.0 Å². The van der Waals surface area contributed by atoms with Crippen LogP contribution < -0.4 is 11.1 Å². The molecule has 0 bridgehead atoms. The number of carbonyl (C=O) groups excluding carboxylic acids is 2. The molecule has 1 aromatic carbocycles. The van der Waals surface area contributed by atoms with Gasteiger partial charge in [0.15, 0.2) is 0 Å². The van der Waals surface area contributed by atoms with Crippen molar-refractivity contribution in [3.05, 3.63) is 23.2 Å². The molecule has 2 rings (SSSR count). The second-order valence-corrected chi connectivity index (χ2v) is 6.90. The normalized spacial score (nSPS) is 15.6. The van der Waals surface area contributed by atoms with Gasteiger partial charge < -0.3 is 16.0 Å². The van der Waals surface area contributed by atoms with Crippen LogP contribution in [0.5, 0.6) is 0 Å². The van der Waals surface area contributed by atoms with Crippen molar-refractivity contribution in [3.63, 3.8) is 0 Å². The summed E-state index contributed by atoms with van der Waals surface area (Å²) in [6, 6.07) is 5.09. The van der Waals surface area contributed by atoms with Crippen LogP contribution in [0, 0.1) is 5.92 Å². The topological polar surface area (TPSA) is 75.4 Å². The number of nitrogens with one attached hydrogen (secondary N) is 1. The number of hydrogen-bond donors (Lipinski definition) is 2. The van der Waals surface area contributed by atoms with E-state index >= 15 is 0 Å². The molecule has 1 saturated heterocycles. The summed E-state index contributed by atoms with van der Waals surface area (Å²) in [7, 11) is 0. The molecule has 0 radical (unpaired) electrons. The molecule has 0 spiro atoms. The molecular weight excluding hydrogens is 322 g/mol. The van der Waals surface area contributed by atoms with Gasteiger partial charge in [-0.05, 0) is 36.8 Å². The third kappa shape index (κ3) is 4.30. The Labute approximate surface area is 139 Å². The lowest BCUT2D eigenvalue weighted by Gasteiger charge is -2.30. The number of benzene rings is 1. The van der Waals surface area contributed by atoms with Crippen molar-refractivity contribution in [2.45, 2.75) is 24.7 Å². The number of amides is 3. The Bertz CT molecular complexity index is 560. The van der Waals surface area contributed by atoms with Crippen LogP contribution in [0.25, 0.3) is 0 Å². The number of nitrogens with zero attached hydrogens (tertiary/aromatic N) is 1. The predicted octanol–water partition coefficient (Wildman–Crippen LogP) is 3.18. The summed E-state index contributed by atoms with van der Waals surface area (Å²) in [5.74, 6) is 0.792. The number of halogens is 1. The molecule has 1 fully saturated rings. The van der Waals surface area contributed by atoms with E-state index in [2.05, 4.69) is 12.2 Å². The van der Waals surface area contributed by atoms with E-state index in [1.807, 2.05) is 12.1 Å². The van der Waals surface area contributed by atoms with Gasteiger partial charge in [-0.1, -0.05) is 18.5 Å². The number of likely N-dealkylation sites (tertiary alicyclic amines) is 1. The Morgan fingerprint density at radius 2 is 2.09 bits per heavy atom. The van der Waals surface area contributed by atoms with Gasteiger partial charge in [-0.15, -0.1) is 11.8 Å². The van der Waals surface area contributed by atoms with Crippen molar-refractivity contribution in [1.82, 2.24) is 4.90 Å². The second kappa shape index (κ2) is 7.74. The van der Waals surface area contributed by atoms with Gasteiger partial charge in [0.2, 0.25) is 5.91 Å². The first kappa shape index (κ1) is 17.0. The molecular formula is C15H20ClN3O2S. The summed E-state index contributed by atoms with van der Waals surface area (Å²) in [4.78, 5) is 26.1. The average Bonchev–Trinajstić information content (AvgIpc) is 2.50. The van der Waals surface area contributed by atoms with Crippen LogP contribution >= 0.6 is 23.4 Å². The predicted molar refractivity (Wildman–Crippen MR) is 90.4 cm³/mol. The smallest absolute Gasteiger partial charge is 0.314 e. The number of rotatable bonds is 4. The average molecular weight is 342 g/mol. The molecule has 0 atom stereocenters. The van der Waals surface area contributed by atoms with E-state index in [-0.39, 0.29) is 11.8 Å². The molecule has 1 aliphatic rings. The molecule has 0 aromatic heterocycles. The van der Waals surface area contributed by atoms with Crippen molar-refractivity contribution in [3.8, 4) is 0 Å². The fourth-order valence-electron chi connectivity index (χ4n) is 2.48. The monoisotopic (exact) mass is 341 g/mol. The molecule has 3 amide bonds. The van der Waals surface area contributed by atoms with Crippen LogP contribution in [0.1, 0.15) is 19.8 Å². The highest BCUT2D eigenvalue weighted by molar-refractivity contribution is 7.99. The van der Waals surface area contributed by atoms with Gasteiger partial charge in [-0.3, -0.25) is 4.79 Å². The van der Waals surface area contributed by atoms with Gasteiger partial charge in [0, 0.05) is 28.9 Å². The second-order valence-electron chi connectivity index (χ2n) is 5.16. The van der Waals surface area contributed by atoms with E-state index < -0.39 is 6.03 Å². The highest BCUT2D eigenvalue weighted by atomic mass is 35.5. The summed E-state index contributed by atoms with van der Waals surface area (Å²) in [6.07, 6.45) is 1.26. The van der Waals surface area contributed by atoms with Gasteiger partial charge >= 0.3 is 6.03 Å². The zero-order chi connectivity index (χ0) is 16.1. The first-order chi connectivity index (χ1) is 10.5. The number of thioether (sulfide) groups is 1. The third-order valence-electron chi connectivity index (χ3n) is 3.68. The number of carbonyl (C=O) groups is 2. The highest BCUT2D eigenvalue weighted by Gasteiger charge is 2.26. The Morgan fingerprint density at radius 3 is 2.68 bits per heavy atom. The van der Waals surface area contributed by atoms with Gasteiger partial charge in [-0.2, -0.15) is 0 Å². The van der Waals surface area contributed by atoms with Crippen LogP contribution in [-0.4, -0.2) is 35.7 Å². The van der Waals surface area contributed by atoms with E-state index in [0.29, 0.717) is 31.0 Å². The molecule has 120 valence electrons. The van der Waals surface area contributed by atoms with Crippen molar-refractivity contribution in [2.24, 2.45) is 11.7 Å². The molecule has 1 aliphatic heterocycles. The first-order valence-electron chi connectivity index (χ1n) is 7.29. The van der Waals surface area contributed by atoms with Crippen molar-refractivity contribution in [2.75, 3.05) is 24.2 Å².